The molecule has 1 N–H and O–H groups in total. The molecule has 1 aliphatic rings. The van der Waals surface area contributed by atoms with E-state index in [-0.39, 0.29) is 0 Å². The zero-order valence-corrected chi connectivity index (χ0v) is 10.8. The standard InChI is InChI=1S/C14H22N2O/c1-15-10-6-9-14(17,11-15)12-16(2)13-7-4-3-5-8-13/h3-5,7-8,17H,6,9-12H2,1-2H3/t14-/m1/s1. The molecule has 0 aromatic heterocycles. The number of anilines is 1. The van der Waals surface area contributed by atoms with Gasteiger partial charge in [0.25, 0.3) is 0 Å². The molecule has 1 aliphatic heterocycles. The van der Waals surface area contributed by atoms with Gasteiger partial charge in [-0.3, -0.25) is 0 Å². The summed E-state index contributed by atoms with van der Waals surface area (Å²) in [5.41, 5.74) is 0.589. The molecule has 1 fully saturated rings. The largest absolute Gasteiger partial charge is 0.387 e. The summed E-state index contributed by atoms with van der Waals surface area (Å²) in [6, 6.07) is 10.2. The lowest BCUT2D eigenvalue weighted by Crippen LogP contribution is -2.52. The normalized spacial score (nSPS) is 25.8. The van der Waals surface area contributed by atoms with Gasteiger partial charge in [-0.1, -0.05) is 18.2 Å². The molecule has 1 aromatic carbocycles. The fourth-order valence-electron chi connectivity index (χ4n) is 2.68. The fourth-order valence-corrected chi connectivity index (χ4v) is 2.68. The minimum atomic E-state index is -0.572. The summed E-state index contributed by atoms with van der Waals surface area (Å²) in [7, 11) is 4.12. The predicted molar refractivity (Wildman–Crippen MR) is 71.4 cm³/mol. The average molecular weight is 234 g/mol. The summed E-state index contributed by atoms with van der Waals surface area (Å²) >= 11 is 0. The van der Waals surface area contributed by atoms with E-state index in [0.717, 1.165) is 31.6 Å². The van der Waals surface area contributed by atoms with Crippen molar-refractivity contribution in [2.24, 2.45) is 0 Å². The van der Waals surface area contributed by atoms with Crippen molar-refractivity contribution in [2.45, 2.75) is 18.4 Å². The van der Waals surface area contributed by atoms with Crippen molar-refractivity contribution in [2.75, 3.05) is 38.6 Å². The van der Waals surface area contributed by atoms with Crippen molar-refractivity contribution in [3.8, 4) is 0 Å². The lowest BCUT2D eigenvalue weighted by Gasteiger charge is -2.40. The van der Waals surface area contributed by atoms with E-state index in [4.69, 9.17) is 0 Å². The molecule has 17 heavy (non-hydrogen) atoms. The molecule has 1 saturated heterocycles. The number of likely N-dealkylation sites (N-methyl/N-ethyl adjacent to an activating group) is 2. The van der Waals surface area contributed by atoms with Crippen LogP contribution in [0.5, 0.6) is 0 Å². The van der Waals surface area contributed by atoms with Gasteiger partial charge in [-0.15, -0.1) is 0 Å². The summed E-state index contributed by atoms with van der Waals surface area (Å²) in [6.07, 6.45) is 1.98. The van der Waals surface area contributed by atoms with E-state index in [9.17, 15) is 5.11 Å². The Morgan fingerprint density at radius 1 is 1.35 bits per heavy atom. The predicted octanol–water partition coefficient (Wildman–Crippen LogP) is 1.58. The van der Waals surface area contributed by atoms with Crippen molar-refractivity contribution < 1.29 is 5.11 Å². The number of para-hydroxylation sites is 1. The number of β-amino-alcohol motifs (C(OH)–C–C–N with tert-alkyl or cyclic N) is 1. The molecule has 0 amide bonds. The van der Waals surface area contributed by atoms with Gasteiger partial charge < -0.3 is 14.9 Å². The van der Waals surface area contributed by atoms with Gasteiger partial charge in [0.15, 0.2) is 0 Å². The number of nitrogens with zero attached hydrogens (tertiary/aromatic N) is 2. The van der Waals surface area contributed by atoms with Gasteiger partial charge in [0.05, 0.1) is 5.60 Å². The molecular formula is C14H22N2O. The third-order valence-electron chi connectivity index (χ3n) is 3.47. The minimum Gasteiger partial charge on any atom is -0.387 e. The third-order valence-corrected chi connectivity index (χ3v) is 3.47. The van der Waals surface area contributed by atoms with Crippen LogP contribution in [0, 0.1) is 0 Å². The second kappa shape index (κ2) is 5.07. The molecule has 1 aromatic rings. The van der Waals surface area contributed by atoms with Gasteiger partial charge >= 0.3 is 0 Å². The van der Waals surface area contributed by atoms with Gasteiger partial charge in [-0.25, -0.2) is 0 Å². The Morgan fingerprint density at radius 2 is 2.06 bits per heavy atom. The highest BCUT2D eigenvalue weighted by Gasteiger charge is 2.32. The first-order valence-electron chi connectivity index (χ1n) is 6.26. The van der Waals surface area contributed by atoms with E-state index in [1.807, 2.05) is 25.2 Å². The third kappa shape index (κ3) is 3.20. The second-order valence-electron chi connectivity index (χ2n) is 5.26. The molecule has 3 nitrogen and oxygen atoms in total. The topological polar surface area (TPSA) is 26.7 Å². The summed E-state index contributed by atoms with van der Waals surface area (Å²) in [4.78, 5) is 4.35. The summed E-state index contributed by atoms with van der Waals surface area (Å²) in [6.45, 7) is 2.56. The number of rotatable bonds is 3. The number of piperidine rings is 1. The average Bonchev–Trinajstić information content (AvgIpc) is 2.29. The van der Waals surface area contributed by atoms with Crippen molar-refractivity contribution in [1.29, 1.82) is 0 Å². The molecule has 0 aliphatic carbocycles. The van der Waals surface area contributed by atoms with Crippen LogP contribution in [0.4, 0.5) is 5.69 Å². The van der Waals surface area contributed by atoms with E-state index < -0.39 is 5.60 Å². The van der Waals surface area contributed by atoms with E-state index in [1.54, 1.807) is 0 Å². The maximum atomic E-state index is 10.6. The van der Waals surface area contributed by atoms with Crippen molar-refractivity contribution in [1.82, 2.24) is 4.90 Å². The van der Waals surface area contributed by atoms with Crippen molar-refractivity contribution >= 4 is 5.69 Å². The Hall–Kier alpha value is -1.06. The summed E-state index contributed by atoms with van der Waals surface area (Å²) in [5, 5.41) is 10.6. The first kappa shape index (κ1) is 12.4. The monoisotopic (exact) mass is 234 g/mol. The zero-order chi connectivity index (χ0) is 12.3. The van der Waals surface area contributed by atoms with E-state index >= 15 is 0 Å². The molecular weight excluding hydrogens is 212 g/mol. The zero-order valence-electron chi connectivity index (χ0n) is 10.8. The molecule has 0 radical (unpaired) electrons. The highest BCUT2D eigenvalue weighted by molar-refractivity contribution is 5.45. The Kier molecular flexibility index (Phi) is 3.69. The Morgan fingerprint density at radius 3 is 2.71 bits per heavy atom. The van der Waals surface area contributed by atoms with Crippen LogP contribution in [0.2, 0.25) is 0 Å². The smallest absolute Gasteiger partial charge is 0.0948 e. The molecule has 0 bridgehead atoms. The first-order chi connectivity index (χ1) is 8.09. The maximum absolute atomic E-state index is 10.6. The number of hydrogen-bond donors (Lipinski definition) is 1. The summed E-state index contributed by atoms with van der Waals surface area (Å²) < 4.78 is 0. The second-order valence-corrected chi connectivity index (χ2v) is 5.26. The molecule has 94 valence electrons. The first-order valence-corrected chi connectivity index (χ1v) is 6.26. The van der Waals surface area contributed by atoms with Gasteiger partial charge in [0.2, 0.25) is 0 Å². The molecule has 1 heterocycles. The van der Waals surface area contributed by atoms with Crippen LogP contribution in [0.15, 0.2) is 30.3 Å². The Bertz CT molecular complexity index is 354. The van der Waals surface area contributed by atoms with Crippen LogP contribution in [-0.2, 0) is 0 Å². The van der Waals surface area contributed by atoms with Crippen LogP contribution < -0.4 is 4.90 Å². The van der Waals surface area contributed by atoms with E-state index in [2.05, 4.69) is 29.0 Å². The molecule has 0 unspecified atom stereocenters. The van der Waals surface area contributed by atoms with Gasteiger partial charge in [-0.05, 0) is 38.6 Å². The van der Waals surface area contributed by atoms with Gasteiger partial charge in [0, 0.05) is 25.8 Å². The van der Waals surface area contributed by atoms with Gasteiger partial charge in [0.1, 0.15) is 0 Å². The van der Waals surface area contributed by atoms with Crippen LogP contribution in [0.3, 0.4) is 0 Å². The number of benzene rings is 1. The van der Waals surface area contributed by atoms with Crippen molar-refractivity contribution in [3.05, 3.63) is 30.3 Å². The highest BCUT2D eigenvalue weighted by Crippen LogP contribution is 2.23. The Labute approximate surface area is 104 Å². The number of likely N-dealkylation sites (tertiary alicyclic amines) is 1. The molecule has 0 saturated carbocycles. The number of aliphatic hydroxyl groups is 1. The van der Waals surface area contributed by atoms with Crippen LogP contribution in [0.25, 0.3) is 0 Å². The minimum absolute atomic E-state index is 0.572. The molecule has 1 atom stereocenters. The quantitative estimate of drug-likeness (QED) is 0.860. The molecule has 3 heteroatoms. The SMILES string of the molecule is CN1CCC[C@](O)(CN(C)c2ccccc2)C1. The van der Waals surface area contributed by atoms with Crippen LogP contribution in [-0.4, -0.2) is 49.3 Å². The van der Waals surface area contributed by atoms with Gasteiger partial charge in [-0.2, -0.15) is 0 Å². The van der Waals surface area contributed by atoms with Crippen molar-refractivity contribution in [3.63, 3.8) is 0 Å². The van der Waals surface area contributed by atoms with E-state index in [0.29, 0.717) is 6.54 Å². The Balaban J connectivity index is 2.00. The lowest BCUT2D eigenvalue weighted by atomic mass is 9.92. The number of hydrogen-bond acceptors (Lipinski definition) is 3. The molecule has 0 spiro atoms. The molecule has 2 rings (SSSR count). The van der Waals surface area contributed by atoms with E-state index in [1.165, 1.54) is 0 Å². The maximum Gasteiger partial charge on any atom is 0.0948 e. The van der Waals surface area contributed by atoms with Crippen LogP contribution in [0.1, 0.15) is 12.8 Å². The fraction of sp³-hybridized carbons (Fsp3) is 0.571. The van der Waals surface area contributed by atoms with Crippen LogP contribution >= 0.6 is 0 Å². The lowest BCUT2D eigenvalue weighted by molar-refractivity contribution is -0.0157. The summed E-state index contributed by atoms with van der Waals surface area (Å²) in [5.74, 6) is 0. The highest BCUT2D eigenvalue weighted by atomic mass is 16.3.